The van der Waals surface area contributed by atoms with Crippen LogP contribution in [0.15, 0.2) is 42.0 Å². The first kappa shape index (κ1) is 15.4. The number of carboxylic acid groups (broad SMARTS) is 1. The molecule has 0 bridgehead atoms. The Kier molecular flexibility index (Phi) is 5.77. The molecule has 104 valence electrons. The summed E-state index contributed by atoms with van der Waals surface area (Å²) in [5.74, 6) is -0.825. The summed E-state index contributed by atoms with van der Waals surface area (Å²) in [5.41, 5.74) is 1.76. The van der Waals surface area contributed by atoms with Crippen LogP contribution in [-0.2, 0) is 11.3 Å². The van der Waals surface area contributed by atoms with Gasteiger partial charge in [-0.25, -0.2) is 4.79 Å². The number of aliphatic carboxylic acids is 1. The highest BCUT2D eigenvalue weighted by atomic mass is 16.4. The highest BCUT2D eigenvalue weighted by Gasteiger charge is 2.18. The highest BCUT2D eigenvalue weighted by Crippen LogP contribution is 2.13. The van der Waals surface area contributed by atoms with Gasteiger partial charge in [0.25, 0.3) is 0 Å². The third-order valence-electron chi connectivity index (χ3n) is 3.63. The van der Waals surface area contributed by atoms with E-state index in [1.54, 1.807) is 6.92 Å². The minimum atomic E-state index is -0.825. The maximum Gasteiger partial charge on any atom is 0.330 e. The first-order chi connectivity index (χ1) is 8.97. The molecule has 0 radical (unpaired) electrons. The second-order valence-electron chi connectivity index (χ2n) is 5.28. The molecule has 1 N–H and O–H groups in total. The fraction of sp³-hybridized carbons (Fsp3) is 0.438. The van der Waals surface area contributed by atoms with Crippen molar-refractivity contribution in [3.05, 3.63) is 47.5 Å². The Morgan fingerprint density at radius 2 is 1.95 bits per heavy atom. The van der Waals surface area contributed by atoms with Gasteiger partial charge in [0, 0.05) is 17.6 Å². The van der Waals surface area contributed by atoms with Crippen LogP contribution in [0.3, 0.4) is 0 Å². The van der Waals surface area contributed by atoms with Gasteiger partial charge in [0.1, 0.15) is 6.54 Å². The smallest absolute Gasteiger partial charge is 0.330 e. The van der Waals surface area contributed by atoms with Crippen LogP contribution in [0.5, 0.6) is 0 Å². The third-order valence-corrected chi connectivity index (χ3v) is 3.63. The number of carboxylic acids is 1. The molecule has 0 aromatic heterocycles. The molecule has 0 heterocycles. The molecule has 19 heavy (non-hydrogen) atoms. The van der Waals surface area contributed by atoms with Crippen molar-refractivity contribution in [3.63, 3.8) is 0 Å². The van der Waals surface area contributed by atoms with E-state index >= 15 is 0 Å². The highest BCUT2D eigenvalue weighted by molar-refractivity contribution is 5.85. The summed E-state index contributed by atoms with van der Waals surface area (Å²) < 4.78 is 0.924. The fourth-order valence-corrected chi connectivity index (χ4v) is 2.05. The Labute approximate surface area is 115 Å². The summed E-state index contributed by atoms with van der Waals surface area (Å²) >= 11 is 0. The molecular formula is C16H24NO2+. The number of quaternary nitrogens is 1. The summed E-state index contributed by atoms with van der Waals surface area (Å²) in [4.78, 5) is 10.7. The Morgan fingerprint density at radius 3 is 2.47 bits per heavy atom. The number of rotatable bonds is 7. The Bertz CT molecular complexity index is 439. The average Bonchev–Trinajstić information content (AvgIpc) is 2.39. The van der Waals surface area contributed by atoms with E-state index in [4.69, 9.17) is 5.11 Å². The summed E-state index contributed by atoms with van der Waals surface area (Å²) in [7, 11) is 2.22. The SMILES string of the molecule is CC[N+](C)(CCC=C(C)C(=O)O)Cc1ccccc1. The van der Waals surface area contributed by atoms with Crippen molar-refractivity contribution in [2.75, 3.05) is 20.1 Å². The van der Waals surface area contributed by atoms with E-state index in [-0.39, 0.29) is 0 Å². The van der Waals surface area contributed by atoms with Gasteiger partial charge in [0.2, 0.25) is 0 Å². The largest absolute Gasteiger partial charge is 0.478 e. The number of hydrogen-bond donors (Lipinski definition) is 1. The molecule has 1 unspecified atom stereocenters. The molecule has 1 atom stereocenters. The van der Waals surface area contributed by atoms with Crippen LogP contribution in [0, 0.1) is 0 Å². The van der Waals surface area contributed by atoms with Crippen molar-refractivity contribution < 1.29 is 14.4 Å². The van der Waals surface area contributed by atoms with Crippen LogP contribution in [0.4, 0.5) is 0 Å². The topological polar surface area (TPSA) is 37.3 Å². The van der Waals surface area contributed by atoms with Crippen LogP contribution in [0.25, 0.3) is 0 Å². The van der Waals surface area contributed by atoms with Gasteiger partial charge in [0.15, 0.2) is 0 Å². The molecule has 0 spiro atoms. The van der Waals surface area contributed by atoms with Crippen LogP contribution in [0.1, 0.15) is 25.8 Å². The molecule has 0 saturated heterocycles. The predicted octanol–water partition coefficient (Wildman–Crippen LogP) is 3.07. The molecule has 3 nitrogen and oxygen atoms in total. The molecule has 1 rings (SSSR count). The lowest BCUT2D eigenvalue weighted by molar-refractivity contribution is -0.920. The van der Waals surface area contributed by atoms with Gasteiger partial charge in [-0.3, -0.25) is 0 Å². The third kappa shape index (κ3) is 5.26. The lowest BCUT2D eigenvalue weighted by Crippen LogP contribution is -2.43. The maximum atomic E-state index is 10.7. The van der Waals surface area contributed by atoms with Crippen molar-refractivity contribution in [3.8, 4) is 0 Å². The molecule has 1 aromatic carbocycles. The second-order valence-corrected chi connectivity index (χ2v) is 5.28. The van der Waals surface area contributed by atoms with Crippen molar-refractivity contribution in [2.45, 2.75) is 26.8 Å². The molecule has 0 fully saturated rings. The van der Waals surface area contributed by atoms with E-state index in [2.05, 4.69) is 38.2 Å². The van der Waals surface area contributed by atoms with Crippen LogP contribution in [-0.4, -0.2) is 35.7 Å². The normalized spacial score (nSPS) is 15.0. The number of nitrogens with zero attached hydrogens (tertiary/aromatic N) is 1. The number of hydrogen-bond acceptors (Lipinski definition) is 1. The van der Waals surface area contributed by atoms with Crippen LogP contribution >= 0.6 is 0 Å². The fourth-order valence-electron chi connectivity index (χ4n) is 2.05. The lowest BCUT2D eigenvalue weighted by Gasteiger charge is -2.33. The lowest BCUT2D eigenvalue weighted by atomic mass is 10.1. The Morgan fingerprint density at radius 1 is 1.32 bits per heavy atom. The first-order valence-corrected chi connectivity index (χ1v) is 6.74. The first-order valence-electron chi connectivity index (χ1n) is 6.74. The molecule has 1 aromatic rings. The van der Waals surface area contributed by atoms with E-state index in [0.717, 1.165) is 30.5 Å². The van der Waals surface area contributed by atoms with Crippen LogP contribution < -0.4 is 0 Å². The van der Waals surface area contributed by atoms with Crippen molar-refractivity contribution >= 4 is 5.97 Å². The number of carbonyl (C=O) groups is 1. The molecule has 0 saturated carbocycles. The molecule has 0 amide bonds. The van der Waals surface area contributed by atoms with Crippen molar-refractivity contribution in [1.29, 1.82) is 0 Å². The van der Waals surface area contributed by atoms with E-state index in [9.17, 15) is 4.79 Å². The second kappa shape index (κ2) is 7.10. The summed E-state index contributed by atoms with van der Waals surface area (Å²) in [5, 5.41) is 8.83. The zero-order chi connectivity index (χ0) is 14.3. The van der Waals surface area contributed by atoms with Gasteiger partial charge in [-0.1, -0.05) is 36.4 Å². The van der Waals surface area contributed by atoms with E-state index in [0.29, 0.717) is 5.57 Å². The van der Waals surface area contributed by atoms with Gasteiger partial charge in [-0.05, 0) is 13.8 Å². The van der Waals surface area contributed by atoms with Gasteiger partial charge in [-0.2, -0.15) is 0 Å². The minimum Gasteiger partial charge on any atom is -0.478 e. The Balaban J connectivity index is 2.61. The summed E-state index contributed by atoms with van der Waals surface area (Å²) in [6.07, 6.45) is 2.62. The van der Waals surface area contributed by atoms with Crippen molar-refractivity contribution in [1.82, 2.24) is 0 Å². The minimum absolute atomic E-state index is 0.433. The molecular weight excluding hydrogens is 238 g/mol. The molecule has 0 aliphatic carbocycles. The average molecular weight is 262 g/mol. The van der Waals surface area contributed by atoms with E-state index < -0.39 is 5.97 Å². The summed E-state index contributed by atoms with van der Waals surface area (Å²) in [6.45, 7) is 6.80. The molecule has 3 heteroatoms. The standard InChI is InChI=1S/C16H23NO2/c1-4-17(3,12-8-9-14(2)16(18)19)13-15-10-6-5-7-11-15/h5-7,9-11H,4,8,12-13H2,1-3H3/p+1. The predicted molar refractivity (Wildman–Crippen MR) is 77.7 cm³/mol. The number of benzene rings is 1. The van der Waals surface area contributed by atoms with Crippen LogP contribution in [0.2, 0.25) is 0 Å². The quantitative estimate of drug-likeness (QED) is 0.605. The summed E-state index contributed by atoms with van der Waals surface area (Å²) in [6, 6.07) is 10.4. The van der Waals surface area contributed by atoms with E-state index in [1.807, 2.05) is 12.1 Å². The molecule has 0 aliphatic rings. The maximum absolute atomic E-state index is 10.7. The van der Waals surface area contributed by atoms with Gasteiger partial charge in [-0.15, -0.1) is 0 Å². The van der Waals surface area contributed by atoms with Gasteiger partial charge < -0.3 is 9.59 Å². The zero-order valence-electron chi connectivity index (χ0n) is 12.1. The Hall–Kier alpha value is -1.61. The van der Waals surface area contributed by atoms with E-state index in [1.165, 1.54) is 5.56 Å². The zero-order valence-corrected chi connectivity index (χ0v) is 12.1. The van der Waals surface area contributed by atoms with Crippen molar-refractivity contribution in [2.24, 2.45) is 0 Å². The monoisotopic (exact) mass is 262 g/mol. The van der Waals surface area contributed by atoms with Gasteiger partial charge >= 0.3 is 5.97 Å². The molecule has 0 aliphatic heterocycles. The van der Waals surface area contributed by atoms with Gasteiger partial charge in [0.05, 0.1) is 20.1 Å².